The molecule has 5 heterocycles. The Morgan fingerprint density at radius 3 is 2.59 bits per heavy atom. The van der Waals surface area contributed by atoms with Crippen LogP contribution in [0.25, 0.3) is 5.65 Å². The first-order chi connectivity index (χ1) is 13.1. The van der Waals surface area contributed by atoms with E-state index in [1.54, 1.807) is 0 Å². The molecule has 0 aromatic carbocycles. The maximum Gasteiger partial charge on any atom is 0.240 e. The summed E-state index contributed by atoms with van der Waals surface area (Å²) in [7, 11) is 0. The average Bonchev–Trinajstić information content (AvgIpc) is 3.39. The summed E-state index contributed by atoms with van der Waals surface area (Å²) in [5, 5.41) is 17.0. The minimum absolute atomic E-state index is 0.299. The van der Waals surface area contributed by atoms with E-state index in [1.165, 1.54) is 0 Å². The zero-order valence-electron chi connectivity index (χ0n) is 15.9. The van der Waals surface area contributed by atoms with E-state index in [2.05, 4.69) is 44.0 Å². The normalized spacial score (nSPS) is 23.0. The average molecular weight is 368 g/mol. The van der Waals surface area contributed by atoms with Crippen LogP contribution in [0.5, 0.6) is 0 Å². The molecular weight excluding hydrogens is 344 g/mol. The van der Waals surface area contributed by atoms with Crippen LogP contribution in [0.4, 0.5) is 5.82 Å². The van der Waals surface area contributed by atoms with Crippen LogP contribution in [0.1, 0.15) is 37.3 Å². The lowest BCUT2D eigenvalue weighted by atomic mass is 10.0. The zero-order chi connectivity index (χ0) is 18.5. The molecular formula is C18H24N8O. The van der Waals surface area contributed by atoms with Crippen molar-refractivity contribution < 1.29 is 4.52 Å². The summed E-state index contributed by atoms with van der Waals surface area (Å²) in [6, 6.07) is 4.04. The number of anilines is 1. The lowest BCUT2D eigenvalue weighted by Crippen LogP contribution is -2.29. The van der Waals surface area contributed by atoms with Crippen LogP contribution in [0.15, 0.2) is 16.7 Å². The topological polar surface area (TPSA) is 88.5 Å². The van der Waals surface area contributed by atoms with Gasteiger partial charge in [-0.05, 0) is 30.9 Å². The molecule has 3 aromatic heterocycles. The molecule has 2 atom stereocenters. The van der Waals surface area contributed by atoms with Crippen LogP contribution in [0.2, 0.25) is 0 Å². The standard InChI is InChI=1S/C18H24N8O/c1-11(2)18-19-17(27-23-18)10-24-6-13-8-25(9-14(13)7-24)16-5-4-15-21-20-12(3)26(15)22-16/h4-5,11,13-14H,6-10H2,1-3H3. The van der Waals surface area contributed by atoms with Crippen molar-refractivity contribution in [3.05, 3.63) is 29.7 Å². The van der Waals surface area contributed by atoms with Crippen LogP contribution in [0, 0.1) is 18.8 Å². The van der Waals surface area contributed by atoms with Crippen LogP contribution in [0.3, 0.4) is 0 Å². The van der Waals surface area contributed by atoms with Crippen molar-refractivity contribution >= 4 is 11.5 Å². The predicted molar refractivity (Wildman–Crippen MR) is 98.4 cm³/mol. The Bertz CT molecular complexity index is 949. The highest BCUT2D eigenvalue weighted by molar-refractivity contribution is 5.46. The molecule has 0 N–H and O–H groups in total. The summed E-state index contributed by atoms with van der Waals surface area (Å²) in [6.45, 7) is 11.0. The molecule has 3 aromatic rings. The second-order valence-electron chi connectivity index (χ2n) is 8.03. The molecule has 9 nitrogen and oxygen atoms in total. The summed E-state index contributed by atoms with van der Waals surface area (Å²) in [6.07, 6.45) is 0. The van der Waals surface area contributed by atoms with Gasteiger partial charge in [-0.2, -0.15) is 9.50 Å². The third-order valence-corrected chi connectivity index (χ3v) is 5.65. The Labute approximate surface area is 157 Å². The Kier molecular flexibility index (Phi) is 3.85. The summed E-state index contributed by atoms with van der Waals surface area (Å²) in [5.74, 6) is 4.94. The largest absolute Gasteiger partial charge is 0.355 e. The molecule has 0 bridgehead atoms. The Hall–Kier alpha value is -2.55. The molecule has 0 amide bonds. The zero-order valence-corrected chi connectivity index (χ0v) is 15.9. The van der Waals surface area contributed by atoms with Crippen molar-refractivity contribution in [2.24, 2.45) is 11.8 Å². The summed E-state index contributed by atoms with van der Waals surface area (Å²) in [5.41, 5.74) is 0.794. The highest BCUT2D eigenvalue weighted by Gasteiger charge is 2.40. The Morgan fingerprint density at radius 2 is 1.89 bits per heavy atom. The van der Waals surface area contributed by atoms with Gasteiger partial charge in [-0.15, -0.1) is 15.3 Å². The van der Waals surface area contributed by atoms with Crippen molar-refractivity contribution in [3.63, 3.8) is 0 Å². The SMILES string of the molecule is Cc1nnc2ccc(N3CC4CN(Cc5nc(C(C)C)no5)CC4C3)nn12. The van der Waals surface area contributed by atoms with Gasteiger partial charge < -0.3 is 9.42 Å². The first-order valence-corrected chi connectivity index (χ1v) is 9.55. The molecule has 2 unspecified atom stereocenters. The van der Waals surface area contributed by atoms with Crippen molar-refractivity contribution in [3.8, 4) is 0 Å². The predicted octanol–water partition coefficient (Wildman–Crippen LogP) is 1.51. The number of hydrogen-bond donors (Lipinski definition) is 0. The van der Waals surface area contributed by atoms with E-state index in [0.29, 0.717) is 17.8 Å². The van der Waals surface area contributed by atoms with E-state index in [-0.39, 0.29) is 0 Å². The van der Waals surface area contributed by atoms with Crippen molar-refractivity contribution in [1.29, 1.82) is 0 Å². The van der Waals surface area contributed by atoms with Gasteiger partial charge in [-0.1, -0.05) is 19.0 Å². The molecule has 0 spiro atoms. The van der Waals surface area contributed by atoms with Crippen LogP contribution >= 0.6 is 0 Å². The van der Waals surface area contributed by atoms with Crippen molar-refractivity contribution in [2.75, 3.05) is 31.1 Å². The fourth-order valence-corrected chi connectivity index (χ4v) is 4.22. The number of aryl methyl sites for hydroxylation is 1. The van der Waals surface area contributed by atoms with Crippen LogP contribution in [-0.4, -0.2) is 61.0 Å². The maximum absolute atomic E-state index is 5.41. The Balaban J connectivity index is 1.24. The minimum Gasteiger partial charge on any atom is -0.355 e. The van der Waals surface area contributed by atoms with E-state index in [4.69, 9.17) is 9.62 Å². The lowest BCUT2D eigenvalue weighted by molar-refractivity contribution is 0.254. The number of rotatable bonds is 4. The molecule has 0 saturated carbocycles. The molecule has 0 radical (unpaired) electrons. The monoisotopic (exact) mass is 368 g/mol. The van der Waals surface area contributed by atoms with Crippen molar-refractivity contribution in [1.82, 2.24) is 34.9 Å². The molecule has 5 rings (SSSR count). The van der Waals surface area contributed by atoms with E-state index in [9.17, 15) is 0 Å². The van der Waals surface area contributed by atoms with Gasteiger partial charge in [0.25, 0.3) is 0 Å². The lowest BCUT2D eigenvalue weighted by Gasteiger charge is -2.21. The minimum atomic E-state index is 0.299. The number of nitrogens with zero attached hydrogens (tertiary/aromatic N) is 8. The van der Waals surface area contributed by atoms with Crippen molar-refractivity contribution in [2.45, 2.75) is 33.2 Å². The molecule has 27 heavy (non-hydrogen) atoms. The highest BCUT2D eigenvalue weighted by Crippen LogP contribution is 2.33. The smallest absolute Gasteiger partial charge is 0.240 e. The molecule has 2 saturated heterocycles. The van der Waals surface area contributed by atoms with Gasteiger partial charge in [0.1, 0.15) is 5.82 Å². The van der Waals surface area contributed by atoms with Gasteiger partial charge >= 0.3 is 0 Å². The van der Waals surface area contributed by atoms with Gasteiger partial charge in [0.2, 0.25) is 5.89 Å². The van der Waals surface area contributed by atoms with E-state index < -0.39 is 0 Å². The summed E-state index contributed by atoms with van der Waals surface area (Å²) in [4.78, 5) is 9.33. The first kappa shape index (κ1) is 16.6. The summed E-state index contributed by atoms with van der Waals surface area (Å²) < 4.78 is 7.22. The fraction of sp³-hybridized carbons (Fsp3) is 0.611. The molecule has 2 aliphatic heterocycles. The van der Waals surface area contributed by atoms with Gasteiger partial charge in [-0.25, -0.2) is 0 Å². The Morgan fingerprint density at radius 1 is 1.11 bits per heavy atom. The van der Waals surface area contributed by atoms with E-state index in [1.807, 2.05) is 23.6 Å². The molecule has 9 heteroatoms. The molecule has 142 valence electrons. The molecule has 2 aliphatic rings. The molecule has 0 aliphatic carbocycles. The fourth-order valence-electron chi connectivity index (χ4n) is 4.22. The second-order valence-corrected chi connectivity index (χ2v) is 8.03. The van der Waals surface area contributed by atoms with Gasteiger partial charge in [0, 0.05) is 32.1 Å². The van der Waals surface area contributed by atoms with Gasteiger partial charge in [0.05, 0.1) is 6.54 Å². The molecule has 2 fully saturated rings. The number of fused-ring (bicyclic) bond motifs is 2. The van der Waals surface area contributed by atoms with Crippen LogP contribution in [-0.2, 0) is 6.54 Å². The van der Waals surface area contributed by atoms with Gasteiger partial charge in [-0.3, -0.25) is 4.90 Å². The maximum atomic E-state index is 5.41. The third-order valence-electron chi connectivity index (χ3n) is 5.65. The quantitative estimate of drug-likeness (QED) is 0.685. The number of hydrogen-bond acceptors (Lipinski definition) is 8. The van der Waals surface area contributed by atoms with Gasteiger partial charge in [0.15, 0.2) is 17.3 Å². The van der Waals surface area contributed by atoms with E-state index in [0.717, 1.165) is 61.7 Å². The number of likely N-dealkylation sites (tertiary alicyclic amines) is 1. The number of aromatic nitrogens is 6. The highest BCUT2D eigenvalue weighted by atomic mass is 16.5. The van der Waals surface area contributed by atoms with E-state index >= 15 is 0 Å². The second kappa shape index (κ2) is 6.26. The third kappa shape index (κ3) is 2.95. The van der Waals surface area contributed by atoms with Crippen LogP contribution < -0.4 is 4.90 Å². The summed E-state index contributed by atoms with van der Waals surface area (Å²) >= 11 is 0. The first-order valence-electron chi connectivity index (χ1n) is 9.55.